The van der Waals surface area contributed by atoms with Gasteiger partial charge in [-0.05, 0) is 55.3 Å². The zero-order valence-electron chi connectivity index (χ0n) is 17.9. The number of carboxylic acids is 1. The van der Waals surface area contributed by atoms with Gasteiger partial charge in [0, 0.05) is 12.0 Å². The summed E-state index contributed by atoms with van der Waals surface area (Å²) in [6, 6.07) is 12.6. The predicted molar refractivity (Wildman–Crippen MR) is 121 cm³/mol. The number of rotatable bonds is 5. The molecule has 0 fully saturated rings. The SMILES string of the molecule is Cc1[nH]n(-c2ccc3c(c2)C(=O)CC3)c(=O)c1N=Nc1cccc(-c2ccc(C(=O)O)o2)c1O. The molecule has 0 bridgehead atoms. The molecule has 0 spiro atoms. The van der Waals surface area contributed by atoms with Crippen LogP contribution in [0.3, 0.4) is 0 Å². The van der Waals surface area contributed by atoms with E-state index in [0.717, 1.165) is 5.56 Å². The highest BCUT2D eigenvalue weighted by atomic mass is 16.4. The quantitative estimate of drug-likeness (QED) is 0.369. The average Bonchev–Trinajstić information content (AvgIpc) is 3.52. The van der Waals surface area contributed by atoms with E-state index in [0.29, 0.717) is 29.8 Å². The van der Waals surface area contributed by atoms with Gasteiger partial charge in [0.2, 0.25) is 5.76 Å². The number of phenolic OH excluding ortho intramolecular Hbond substituents is 1. The van der Waals surface area contributed by atoms with Crippen LogP contribution in [0.15, 0.2) is 68.0 Å². The van der Waals surface area contributed by atoms with E-state index in [-0.39, 0.29) is 40.0 Å². The van der Waals surface area contributed by atoms with Crippen molar-refractivity contribution >= 4 is 23.1 Å². The minimum atomic E-state index is -1.23. The maximum absolute atomic E-state index is 13.0. The number of azo groups is 1. The van der Waals surface area contributed by atoms with Crippen molar-refractivity contribution in [1.29, 1.82) is 0 Å². The maximum atomic E-state index is 13.0. The van der Waals surface area contributed by atoms with E-state index in [1.54, 1.807) is 31.2 Å². The highest BCUT2D eigenvalue weighted by molar-refractivity contribution is 6.00. The zero-order chi connectivity index (χ0) is 24.0. The number of hydrogen-bond donors (Lipinski definition) is 3. The lowest BCUT2D eigenvalue weighted by Crippen LogP contribution is -2.14. The number of H-pyrrole nitrogens is 1. The number of para-hydroxylation sites is 1. The molecule has 0 saturated carbocycles. The third kappa shape index (κ3) is 3.51. The second kappa shape index (κ2) is 8.00. The summed E-state index contributed by atoms with van der Waals surface area (Å²) < 4.78 is 6.54. The summed E-state index contributed by atoms with van der Waals surface area (Å²) in [5.41, 5.74) is 2.43. The Bertz CT molecular complexity index is 1560. The van der Waals surface area contributed by atoms with Gasteiger partial charge in [-0.2, -0.15) is 0 Å². The van der Waals surface area contributed by atoms with Gasteiger partial charge in [0.25, 0.3) is 5.56 Å². The summed E-state index contributed by atoms with van der Waals surface area (Å²) in [5, 5.41) is 30.7. The van der Waals surface area contributed by atoms with Crippen molar-refractivity contribution in [2.24, 2.45) is 10.2 Å². The number of phenols is 1. The lowest BCUT2D eigenvalue weighted by molar-refractivity contribution is 0.0663. The summed E-state index contributed by atoms with van der Waals surface area (Å²) in [4.78, 5) is 36.1. The normalized spacial score (nSPS) is 13.0. The molecule has 10 nitrogen and oxygen atoms in total. The molecule has 2 heterocycles. The molecule has 0 radical (unpaired) electrons. The molecule has 3 N–H and O–H groups in total. The third-order valence-electron chi connectivity index (χ3n) is 5.67. The van der Waals surface area contributed by atoms with Crippen LogP contribution in [-0.2, 0) is 6.42 Å². The van der Waals surface area contributed by atoms with Gasteiger partial charge >= 0.3 is 5.97 Å². The minimum absolute atomic E-state index is 0.0443. The number of hydrogen-bond acceptors (Lipinski definition) is 7. The van der Waals surface area contributed by atoms with Crippen molar-refractivity contribution in [3.8, 4) is 22.8 Å². The molecule has 1 aliphatic rings. The fraction of sp³-hybridized carbons (Fsp3) is 0.125. The van der Waals surface area contributed by atoms with Crippen LogP contribution in [0, 0.1) is 6.92 Å². The van der Waals surface area contributed by atoms with E-state index >= 15 is 0 Å². The number of aromatic hydroxyl groups is 1. The number of carboxylic acid groups (broad SMARTS) is 1. The van der Waals surface area contributed by atoms with E-state index < -0.39 is 11.5 Å². The van der Waals surface area contributed by atoms with Gasteiger partial charge < -0.3 is 14.6 Å². The van der Waals surface area contributed by atoms with Crippen molar-refractivity contribution in [3.63, 3.8) is 0 Å². The first-order valence-electron chi connectivity index (χ1n) is 10.4. The number of aryl methyl sites for hydroxylation is 2. The Balaban J connectivity index is 1.48. The zero-order valence-corrected chi connectivity index (χ0v) is 17.9. The van der Waals surface area contributed by atoms with Gasteiger partial charge in [0.1, 0.15) is 11.4 Å². The van der Waals surface area contributed by atoms with Gasteiger partial charge in [-0.15, -0.1) is 10.2 Å². The standard InChI is InChI=1S/C24H18N4O6/c1-12-21(23(31)28(27-12)14-7-5-13-6-8-18(29)16(13)11-14)26-25-17-4-2-3-15(22(17)30)19-9-10-20(34-19)24(32)33/h2-5,7,9-11,27,30H,6,8H2,1H3,(H,32,33). The van der Waals surface area contributed by atoms with Gasteiger partial charge in [0.15, 0.2) is 17.2 Å². The summed E-state index contributed by atoms with van der Waals surface area (Å²) >= 11 is 0. The van der Waals surface area contributed by atoms with E-state index in [1.807, 2.05) is 6.07 Å². The number of nitrogens with zero attached hydrogens (tertiary/aromatic N) is 3. The van der Waals surface area contributed by atoms with E-state index in [2.05, 4.69) is 15.3 Å². The number of aromatic amines is 1. The molecule has 0 atom stereocenters. The van der Waals surface area contributed by atoms with Crippen molar-refractivity contribution in [1.82, 2.24) is 9.78 Å². The fourth-order valence-corrected chi connectivity index (χ4v) is 3.91. The molecule has 10 heteroatoms. The molecule has 5 rings (SSSR count). The highest BCUT2D eigenvalue weighted by Gasteiger charge is 2.21. The molecule has 2 aromatic heterocycles. The molecule has 170 valence electrons. The molecule has 1 aliphatic carbocycles. The van der Waals surface area contributed by atoms with Crippen LogP contribution < -0.4 is 5.56 Å². The number of aromatic carboxylic acids is 1. The molecule has 2 aromatic carbocycles. The Kier molecular flexibility index (Phi) is 4.97. The van der Waals surface area contributed by atoms with Gasteiger partial charge in [-0.25, -0.2) is 9.48 Å². The molecule has 4 aromatic rings. The van der Waals surface area contributed by atoms with Crippen LogP contribution in [0.4, 0.5) is 11.4 Å². The summed E-state index contributed by atoms with van der Waals surface area (Å²) in [5.74, 6) is -1.57. The minimum Gasteiger partial charge on any atom is -0.505 e. The average molecular weight is 458 g/mol. The first-order valence-corrected chi connectivity index (χ1v) is 10.4. The number of carbonyl (C=O) groups excluding carboxylic acids is 1. The predicted octanol–water partition coefficient (Wildman–Crippen LogP) is 4.68. The van der Waals surface area contributed by atoms with Crippen LogP contribution in [0.5, 0.6) is 5.75 Å². The number of nitrogens with one attached hydrogen (secondary N) is 1. The summed E-state index contributed by atoms with van der Waals surface area (Å²) in [7, 11) is 0. The van der Waals surface area contributed by atoms with Gasteiger partial charge in [-0.1, -0.05) is 12.1 Å². The Hall–Kier alpha value is -4.73. The largest absolute Gasteiger partial charge is 0.505 e. The number of Topliss-reactive ketones (excluding diaryl/α,β-unsaturated/α-hetero) is 1. The third-order valence-corrected chi connectivity index (χ3v) is 5.67. The molecule has 0 aliphatic heterocycles. The number of furan rings is 1. The Morgan fingerprint density at radius 2 is 1.88 bits per heavy atom. The van der Waals surface area contributed by atoms with Crippen LogP contribution in [0.25, 0.3) is 17.0 Å². The van der Waals surface area contributed by atoms with E-state index in [1.165, 1.54) is 22.9 Å². The van der Waals surface area contributed by atoms with E-state index in [9.17, 15) is 19.5 Å². The molecular formula is C24H18N4O6. The van der Waals surface area contributed by atoms with Crippen LogP contribution in [-0.4, -0.2) is 31.7 Å². The first kappa shape index (κ1) is 21.1. The van der Waals surface area contributed by atoms with E-state index in [4.69, 9.17) is 9.52 Å². The summed E-state index contributed by atoms with van der Waals surface area (Å²) in [6.45, 7) is 1.66. The van der Waals surface area contributed by atoms with Crippen molar-refractivity contribution in [2.45, 2.75) is 19.8 Å². The number of carbonyl (C=O) groups is 2. The van der Waals surface area contributed by atoms with Crippen molar-refractivity contribution in [3.05, 3.63) is 81.5 Å². The van der Waals surface area contributed by atoms with Crippen molar-refractivity contribution in [2.75, 3.05) is 0 Å². The number of benzene rings is 2. The molecule has 0 saturated heterocycles. The summed E-state index contributed by atoms with van der Waals surface area (Å²) in [6.07, 6.45) is 1.17. The molecule has 0 amide bonds. The van der Waals surface area contributed by atoms with Crippen LogP contribution in [0.1, 0.15) is 38.6 Å². The van der Waals surface area contributed by atoms with Gasteiger partial charge in [0.05, 0.1) is 16.9 Å². The van der Waals surface area contributed by atoms with Crippen LogP contribution >= 0.6 is 0 Å². The maximum Gasteiger partial charge on any atom is 0.371 e. The highest BCUT2D eigenvalue weighted by Crippen LogP contribution is 2.38. The second-order valence-electron chi connectivity index (χ2n) is 7.83. The molecular weight excluding hydrogens is 440 g/mol. The number of fused-ring (bicyclic) bond motifs is 1. The monoisotopic (exact) mass is 458 g/mol. The number of ketones is 1. The Labute approximate surface area is 191 Å². The Morgan fingerprint density at radius 1 is 1.06 bits per heavy atom. The van der Waals surface area contributed by atoms with Gasteiger partial charge in [-0.3, -0.25) is 14.7 Å². The topological polar surface area (TPSA) is 150 Å². The lowest BCUT2D eigenvalue weighted by Gasteiger charge is -2.04. The lowest BCUT2D eigenvalue weighted by atomic mass is 10.1. The fourth-order valence-electron chi connectivity index (χ4n) is 3.91. The first-order chi connectivity index (χ1) is 16.3. The smallest absolute Gasteiger partial charge is 0.371 e. The van der Waals surface area contributed by atoms with Crippen LogP contribution in [0.2, 0.25) is 0 Å². The second-order valence-corrected chi connectivity index (χ2v) is 7.83. The Morgan fingerprint density at radius 3 is 2.65 bits per heavy atom. The van der Waals surface area contributed by atoms with Crippen molar-refractivity contribution < 1.29 is 24.2 Å². The number of aromatic nitrogens is 2. The molecule has 34 heavy (non-hydrogen) atoms. The molecule has 0 unspecified atom stereocenters.